The predicted octanol–water partition coefficient (Wildman–Crippen LogP) is 5.02. The third-order valence-electron chi connectivity index (χ3n) is 7.70. The smallest absolute Gasteiger partial charge is 0.213 e. The molecule has 1 aromatic carbocycles. The van der Waals surface area contributed by atoms with Crippen molar-refractivity contribution < 1.29 is 33.3 Å². The van der Waals surface area contributed by atoms with Gasteiger partial charge in [0.05, 0.1) is 32.0 Å². The van der Waals surface area contributed by atoms with Gasteiger partial charge in [0, 0.05) is 57.2 Å². The Balaban J connectivity index is 1.97. The molecular weight excluding hydrogens is 486 g/mol. The Morgan fingerprint density at radius 3 is 2.39 bits per heavy atom. The summed E-state index contributed by atoms with van der Waals surface area (Å²) in [5.74, 6) is 1.18. The molecule has 8 nitrogen and oxygen atoms in total. The number of carbonyl (C=O) groups excluding carboxylic acids is 2. The fourth-order valence-electron chi connectivity index (χ4n) is 5.25. The summed E-state index contributed by atoms with van der Waals surface area (Å²) in [5.41, 5.74) is 0.955. The molecule has 8 heteroatoms. The minimum atomic E-state index is -0.439. The van der Waals surface area contributed by atoms with Crippen LogP contribution < -0.4 is 4.74 Å². The average molecular weight is 534 g/mol. The van der Waals surface area contributed by atoms with E-state index in [0.717, 1.165) is 17.7 Å². The summed E-state index contributed by atoms with van der Waals surface area (Å²) in [4.78, 5) is 25.2. The van der Waals surface area contributed by atoms with E-state index >= 15 is 0 Å². The Labute approximate surface area is 228 Å². The molecule has 0 radical (unpaired) electrons. The molecule has 1 saturated heterocycles. The maximum Gasteiger partial charge on any atom is 0.213 e. The Morgan fingerprint density at radius 2 is 1.82 bits per heavy atom. The second kappa shape index (κ2) is 16.0. The lowest BCUT2D eigenvalue weighted by atomic mass is 9.81. The minimum Gasteiger partial charge on any atom is -0.497 e. The van der Waals surface area contributed by atoms with Crippen LogP contribution in [0.1, 0.15) is 58.8 Å². The summed E-state index contributed by atoms with van der Waals surface area (Å²) < 4.78 is 29.3. The van der Waals surface area contributed by atoms with E-state index in [1.807, 2.05) is 37.3 Å². The van der Waals surface area contributed by atoms with E-state index in [0.29, 0.717) is 25.9 Å². The Kier molecular flexibility index (Phi) is 13.4. The van der Waals surface area contributed by atoms with Crippen LogP contribution in [0.5, 0.6) is 5.75 Å². The van der Waals surface area contributed by atoms with Gasteiger partial charge in [0.2, 0.25) is 6.41 Å². The number of amides is 1. The van der Waals surface area contributed by atoms with E-state index in [2.05, 4.69) is 20.8 Å². The third-order valence-corrected chi connectivity index (χ3v) is 7.70. The lowest BCUT2D eigenvalue weighted by molar-refractivity contribution is -0.258. The predicted molar refractivity (Wildman–Crippen MR) is 147 cm³/mol. The summed E-state index contributed by atoms with van der Waals surface area (Å²) in [7, 11) is 6.66. The van der Waals surface area contributed by atoms with Gasteiger partial charge in [-0.25, -0.2) is 0 Å². The van der Waals surface area contributed by atoms with Crippen LogP contribution in [0, 0.1) is 23.7 Å². The number of ether oxygens (including phenoxy) is 5. The monoisotopic (exact) mass is 533 g/mol. The van der Waals surface area contributed by atoms with E-state index in [1.54, 1.807) is 34.6 Å². The molecule has 1 aliphatic rings. The maximum atomic E-state index is 13.0. The number of methoxy groups -OCH3 is 3. The lowest BCUT2D eigenvalue weighted by Crippen LogP contribution is -2.45. The zero-order valence-corrected chi connectivity index (χ0v) is 24.3. The van der Waals surface area contributed by atoms with Gasteiger partial charge in [0.1, 0.15) is 11.5 Å². The van der Waals surface area contributed by atoms with E-state index in [-0.39, 0.29) is 47.8 Å². The van der Waals surface area contributed by atoms with E-state index in [4.69, 9.17) is 23.7 Å². The van der Waals surface area contributed by atoms with Crippen LogP contribution in [-0.4, -0.2) is 70.4 Å². The molecule has 1 amide bonds. The Hall–Kier alpha value is -2.26. The molecule has 8 atom stereocenters. The van der Waals surface area contributed by atoms with E-state index in [1.165, 1.54) is 4.90 Å². The molecule has 0 N–H and O–H groups in total. The van der Waals surface area contributed by atoms with Gasteiger partial charge in [0.15, 0.2) is 6.29 Å². The molecular formula is C30H47NO7. The Morgan fingerprint density at radius 1 is 1.13 bits per heavy atom. The van der Waals surface area contributed by atoms with Crippen LogP contribution in [0.2, 0.25) is 0 Å². The molecule has 0 bridgehead atoms. The molecule has 0 spiro atoms. The highest BCUT2D eigenvalue weighted by atomic mass is 16.7. The van der Waals surface area contributed by atoms with Crippen LogP contribution in [0.4, 0.5) is 0 Å². The number of carbonyl (C=O) groups is 2. The molecule has 38 heavy (non-hydrogen) atoms. The summed E-state index contributed by atoms with van der Waals surface area (Å²) in [6.07, 6.45) is 5.19. The summed E-state index contributed by atoms with van der Waals surface area (Å²) in [5, 5.41) is 0. The van der Waals surface area contributed by atoms with Crippen LogP contribution in [0.3, 0.4) is 0 Å². The number of Topliss-reactive ketones (excluding diaryl/α,β-unsaturated/α-hetero) is 1. The number of hydrogen-bond acceptors (Lipinski definition) is 7. The maximum absolute atomic E-state index is 13.0. The normalized spacial score (nSPS) is 23.8. The highest BCUT2D eigenvalue weighted by molar-refractivity contribution is 5.81. The fraction of sp³-hybridized carbons (Fsp3) is 0.667. The van der Waals surface area contributed by atoms with Crippen molar-refractivity contribution in [3.8, 4) is 5.75 Å². The number of hydrogen-bond donors (Lipinski definition) is 0. The SMILES string of the molecule is COc1ccc([C@H]2OC[C@H](C)[C@@H]([C@@H](C)[C@@H](OC)[C@@H](C)CCC(=O)[C@H](C)[C@@H](C/C=C/N(C)C=O)OC)O2)cc1. The first-order valence-corrected chi connectivity index (χ1v) is 13.5. The van der Waals surface area contributed by atoms with Crippen LogP contribution in [0.15, 0.2) is 36.5 Å². The van der Waals surface area contributed by atoms with Crippen LogP contribution in [0.25, 0.3) is 0 Å². The molecule has 1 aliphatic heterocycles. The molecule has 1 aromatic rings. The van der Waals surface area contributed by atoms with Crippen molar-refractivity contribution >= 4 is 12.2 Å². The number of nitrogens with zero attached hydrogens (tertiary/aromatic N) is 1. The van der Waals surface area contributed by atoms with Crippen molar-refractivity contribution in [1.29, 1.82) is 0 Å². The summed E-state index contributed by atoms with van der Waals surface area (Å²) in [6.45, 7) is 8.95. The highest BCUT2D eigenvalue weighted by Gasteiger charge is 2.39. The van der Waals surface area contributed by atoms with Gasteiger partial charge in [0.25, 0.3) is 0 Å². The molecule has 0 aliphatic carbocycles. The van der Waals surface area contributed by atoms with Crippen molar-refractivity contribution in [2.45, 2.75) is 71.6 Å². The van der Waals surface area contributed by atoms with Crippen LogP contribution >= 0.6 is 0 Å². The van der Waals surface area contributed by atoms with Crippen molar-refractivity contribution in [1.82, 2.24) is 4.90 Å². The molecule has 0 aromatic heterocycles. The molecule has 0 saturated carbocycles. The van der Waals surface area contributed by atoms with Gasteiger partial charge in [-0.1, -0.05) is 45.9 Å². The first-order valence-electron chi connectivity index (χ1n) is 13.5. The highest BCUT2D eigenvalue weighted by Crippen LogP contribution is 2.36. The molecule has 1 heterocycles. The van der Waals surface area contributed by atoms with Crippen LogP contribution in [-0.2, 0) is 28.5 Å². The zero-order valence-electron chi connectivity index (χ0n) is 24.3. The first-order chi connectivity index (χ1) is 18.2. The number of benzene rings is 1. The molecule has 1 fully saturated rings. The van der Waals surface area contributed by atoms with Gasteiger partial charge in [-0.15, -0.1) is 0 Å². The quantitative estimate of drug-likeness (QED) is 0.276. The van der Waals surface area contributed by atoms with E-state index < -0.39 is 6.29 Å². The summed E-state index contributed by atoms with van der Waals surface area (Å²) in [6, 6.07) is 7.75. The van der Waals surface area contributed by atoms with E-state index in [9.17, 15) is 9.59 Å². The standard InChI is InChI=1S/C30H47NO7/c1-20(11-16-26(33)22(3)27(35-7)10-9-17-31(5)19-32)28(36-8)23(4)29-21(2)18-37-30(38-29)24-12-14-25(34-6)15-13-24/h9,12-15,17,19-23,27-30H,10-11,16,18H2,1-8H3/b17-9+/t20-,21-,22-,23-,27+,28-,29-,30-/m0/s1. The summed E-state index contributed by atoms with van der Waals surface area (Å²) >= 11 is 0. The largest absolute Gasteiger partial charge is 0.497 e. The van der Waals surface area contributed by atoms with Gasteiger partial charge in [-0.2, -0.15) is 0 Å². The van der Waals surface area contributed by atoms with Gasteiger partial charge >= 0.3 is 0 Å². The van der Waals surface area contributed by atoms with Gasteiger partial charge in [-0.05, 0) is 30.9 Å². The number of ketones is 1. The van der Waals surface area contributed by atoms with Gasteiger partial charge < -0.3 is 28.6 Å². The fourth-order valence-corrected chi connectivity index (χ4v) is 5.25. The second-order valence-corrected chi connectivity index (χ2v) is 10.5. The lowest BCUT2D eigenvalue weighted by Gasteiger charge is -2.41. The number of rotatable bonds is 16. The topological polar surface area (TPSA) is 83.5 Å². The second-order valence-electron chi connectivity index (χ2n) is 10.5. The van der Waals surface area contributed by atoms with Crippen molar-refractivity contribution in [3.63, 3.8) is 0 Å². The van der Waals surface area contributed by atoms with Crippen molar-refractivity contribution in [2.24, 2.45) is 23.7 Å². The molecule has 0 unspecified atom stereocenters. The van der Waals surface area contributed by atoms with Gasteiger partial charge in [-0.3, -0.25) is 9.59 Å². The van der Waals surface area contributed by atoms with Crippen molar-refractivity contribution in [3.05, 3.63) is 42.1 Å². The van der Waals surface area contributed by atoms with Crippen molar-refractivity contribution in [2.75, 3.05) is 35.0 Å². The zero-order chi connectivity index (χ0) is 28.2. The molecule has 214 valence electrons. The molecule has 2 rings (SSSR count). The first kappa shape index (κ1) is 32.0. The Bertz CT molecular complexity index is 874. The third kappa shape index (κ3) is 8.90. The minimum absolute atomic E-state index is 0.0490. The average Bonchev–Trinajstić information content (AvgIpc) is 2.94.